The molecule has 0 aromatic heterocycles. The molecule has 1 unspecified atom stereocenters. The van der Waals surface area contributed by atoms with Gasteiger partial charge in [-0.2, -0.15) is 5.26 Å². The first kappa shape index (κ1) is 23.0. The lowest BCUT2D eigenvalue weighted by Crippen LogP contribution is -1.92. The Morgan fingerprint density at radius 3 is 2.52 bits per heavy atom. The standard InChI is InChI=1S/C26H37N/c1-6-21(3)14-12-13-16-22(4)15-10-8-9-11-17-24-18-23(5)19-25(20-27)26(24)7-2/h7,11,17-19,21H,2,4,6,8-10,12-16H2,1,3,5H3/b17-11+. The van der Waals surface area contributed by atoms with Gasteiger partial charge in [0.25, 0.3) is 0 Å². The number of rotatable bonds is 13. The van der Waals surface area contributed by atoms with Gasteiger partial charge in [-0.05, 0) is 74.1 Å². The molecular formula is C26H37N. The first-order valence-electron chi connectivity index (χ1n) is 10.5. The Bertz CT molecular complexity index is 672. The zero-order valence-corrected chi connectivity index (χ0v) is 17.7. The largest absolute Gasteiger partial charge is 0.192 e. The SMILES string of the molecule is C=Cc1c(C#N)cc(C)cc1/C=C/CCCCC(=C)CCCCC(C)CC. The molecule has 0 aliphatic rings. The highest BCUT2D eigenvalue weighted by atomic mass is 14.2. The molecule has 0 bridgehead atoms. The highest BCUT2D eigenvalue weighted by Gasteiger charge is 2.04. The molecule has 1 aromatic carbocycles. The molecule has 27 heavy (non-hydrogen) atoms. The maximum atomic E-state index is 9.28. The van der Waals surface area contributed by atoms with Crippen molar-refractivity contribution in [1.29, 1.82) is 5.26 Å². The van der Waals surface area contributed by atoms with Crippen LogP contribution in [-0.4, -0.2) is 0 Å². The number of aryl methyl sites for hydroxylation is 1. The van der Waals surface area contributed by atoms with E-state index in [1.807, 2.05) is 13.0 Å². The number of nitrogens with zero attached hydrogens (tertiary/aromatic N) is 1. The van der Waals surface area contributed by atoms with Gasteiger partial charge in [-0.15, -0.1) is 0 Å². The maximum Gasteiger partial charge on any atom is 0.0998 e. The summed E-state index contributed by atoms with van der Waals surface area (Å²) < 4.78 is 0. The van der Waals surface area contributed by atoms with E-state index in [9.17, 15) is 5.26 Å². The van der Waals surface area contributed by atoms with Crippen molar-refractivity contribution in [3.05, 3.63) is 59.2 Å². The van der Waals surface area contributed by atoms with E-state index in [0.29, 0.717) is 5.56 Å². The van der Waals surface area contributed by atoms with Crippen LogP contribution in [0.2, 0.25) is 0 Å². The van der Waals surface area contributed by atoms with Gasteiger partial charge in [0.2, 0.25) is 0 Å². The first-order chi connectivity index (χ1) is 13.0. The van der Waals surface area contributed by atoms with Crippen LogP contribution in [-0.2, 0) is 0 Å². The minimum atomic E-state index is 0.703. The van der Waals surface area contributed by atoms with Crippen molar-refractivity contribution in [2.75, 3.05) is 0 Å². The molecule has 0 saturated carbocycles. The van der Waals surface area contributed by atoms with E-state index in [2.05, 4.69) is 51.3 Å². The summed E-state index contributed by atoms with van der Waals surface area (Å²) in [6, 6.07) is 6.31. The van der Waals surface area contributed by atoms with Crippen molar-refractivity contribution in [3.8, 4) is 6.07 Å². The molecule has 0 spiro atoms. The van der Waals surface area contributed by atoms with E-state index in [4.69, 9.17) is 0 Å². The zero-order valence-electron chi connectivity index (χ0n) is 17.7. The number of hydrogen-bond donors (Lipinski definition) is 0. The van der Waals surface area contributed by atoms with Crippen LogP contribution in [0.3, 0.4) is 0 Å². The van der Waals surface area contributed by atoms with Crippen LogP contribution in [0.4, 0.5) is 0 Å². The van der Waals surface area contributed by atoms with Crippen LogP contribution in [0.1, 0.15) is 93.9 Å². The number of allylic oxidation sites excluding steroid dienone is 2. The lowest BCUT2D eigenvalue weighted by molar-refractivity contribution is 0.483. The van der Waals surface area contributed by atoms with Crippen molar-refractivity contribution < 1.29 is 0 Å². The van der Waals surface area contributed by atoms with E-state index in [0.717, 1.165) is 35.4 Å². The molecule has 1 heteroatoms. The minimum Gasteiger partial charge on any atom is -0.192 e. The van der Waals surface area contributed by atoms with Gasteiger partial charge in [-0.25, -0.2) is 0 Å². The highest BCUT2D eigenvalue weighted by Crippen LogP contribution is 2.21. The van der Waals surface area contributed by atoms with E-state index in [1.54, 1.807) is 6.08 Å². The van der Waals surface area contributed by atoms with Gasteiger partial charge < -0.3 is 0 Å². The third-order valence-electron chi connectivity index (χ3n) is 5.30. The fraction of sp³-hybridized carbons (Fsp3) is 0.500. The normalized spacial score (nSPS) is 12.1. The van der Waals surface area contributed by atoms with Crippen LogP contribution in [0, 0.1) is 24.2 Å². The van der Waals surface area contributed by atoms with Gasteiger partial charge >= 0.3 is 0 Å². The molecule has 0 aliphatic heterocycles. The third-order valence-corrected chi connectivity index (χ3v) is 5.30. The molecule has 1 rings (SSSR count). The Labute approximate surface area is 167 Å². The van der Waals surface area contributed by atoms with Crippen LogP contribution >= 0.6 is 0 Å². The second kappa shape index (κ2) is 13.2. The lowest BCUT2D eigenvalue weighted by Gasteiger charge is -2.09. The third kappa shape index (κ3) is 8.91. The number of benzene rings is 1. The Kier molecular flexibility index (Phi) is 11.2. The van der Waals surface area contributed by atoms with Crippen molar-refractivity contribution in [2.45, 2.75) is 78.6 Å². The van der Waals surface area contributed by atoms with Crippen LogP contribution in [0.25, 0.3) is 12.2 Å². The summed E-state index contributed by atoms with van der Waals surface area (Å²) in [5.41, 5.74) is 5.25. The average molecular weight is 364 g/mol. The van der Waals surface area contributed by atoms with Crippen LogP contribution < -0.4 is 0 Å². The predicted octanol–water partition coefficient (Wildman–Crippen LogP) is 8.25. The maximum absolute atomic E-state index is 9.28. The van der Waals surface area contributed by atoms with Gasteiger partial charge in [0, 0.05) is 0 Å². The molecule has 0 aliphatic carbocycles. The summed E-state index contributed by atoms with van der Waals surface area (Å²) in [4.78, 5) is 0. The molecule has 0 saturated heterocycles. The summed E-state index contributed by atoms with van der Waals surface area (Å²) in [7, 11) is 0. The molecule has 0 radical (unpaired) electrons. The summed E-state index contributed by atoms with van der Waals surface area (Å²) >= 11 is 0. The van der Waals surface area contributed by atoms with E-state index in [1.165, 1.54) is 50.5 Å². The van der Waals surface area contributed by atoms with Crippen molar-refractivity contribution in [3.63, 3.8) is 0 Å². The molecule has 1 nitrogen and oxygen atoms in total. The number of hydrogen-bond acceptors (Lipinski definition) is 1. The second-order valence-electron chi connectivity index (χ2n) is 7.79. The first-order valence-corrected chi connectivity index (χ1v) is 10.5. The van der Waals surface area contributed by atoms with Gasteiger partial charge in [0.15, 0.2) is 0 Å². The van der Waals surface area contributed by atoms with E-state index < -0.39 is 0 Å². The molecular weight excluding hydrogens is 326 g/mol. The Morgan fingerprint density at radius 2 is 1.89 bits per heavy atom. The molecule has 1 aromatic rings. The predicted molar refractivity (Wildman–Crippen MR) is 121 cm³/mol. The molecule has 146 valence electrons. The number of nitriles is 1. The summed E-state index contributed by atoms with van der Waals surface area (Å²) in [6.07, 6.45) is 17.2. The summed E-state index contributed by atoms with van der Waals surface area (Å²) in [5, 5.41) is 9.28. The molecule has 0 N–H and O–H groups in total. The monoisotopic (exact) mass is 363 g/mol. The van der Waals surface area contributed by atoms with Gasteiger partial charge in [-0.3, -0.25) is 0 Å². The second-order valence-corrected chi connectivity index (χ2v) is 7.79. The molecule has 0 fully saturated rings. The topological polar surface area (TPSA) is 23.8 Å². The van der Waals surface area contributed by atoms with Gasteiger partial charge in [0.1, 0.15) is 0 Å². The number of unbranched alkanes of at least 4 members (excludes halogenated alkanes) is 3. The molecule has 1 atom stereocenters. The quantitative estimate of drug-likeness (QED) is 0.255. The fourth-order valence-electron chi connectivity index (χ4n) is 3.33. The Balaban J connectivity index is 2.31. The van der Waals surface area contributed by atoms with Crippen molar-refractivity contribution in [2.24, 2.45) is 5.92 Å². The smallest absolute Gasteiger partial charge is 0.0998 e. The fourth-order valence-corrected chi connectivity index (χ4v) is 3.33. The summed E-state index contributed by atoms with van der Waals surface area (Å²) in [6.45, 7) is 14.8. The zero-order chi connectivity index (χ0) is 20.1. The van der Waals surface area contributed by atoms with Crippen LogP contribution in [0.15, 0.2) is 36.9 Å². The molecule has 0 amide bonds. The van der Waals surface area contributed by atoms with Crippen molar-refractivity contribution >= 4 is 12.2 Å². The van der Waals surface area contributed by atoms with Gasteiger partial charge in [0.05, 0.1) is 11.6 Å². The average Bonchev–Trinajstić information content (AvgIpc) is 2.67. The Hall–Kier alpha value is -2.07. The summed E-state index contributed by atoms with van der Waals surface area (Å²) in [5.74, 6) is 0.865. The van der Waals surface area contributed by atoms with Crippen LogP contribution in [0.5, 0.6) is 0 Å². The Morgan fingerprint density at radius 1 is 1.19 bits per heavy atom. The minimum absolute atomic E-state index is 0.703. The molecule has 0 heterocycles. The van der Waals surface area contributed by atoms with E-state index >= 15 is 0 Å². The van der Waals surface area contributed by atoms with Crippen molar-refractivity contribution in [1.82, 2.24) is 0 Å². The lowest BCUT2D eigenvalue weighted by atomic mass is 9.97. The van der Waals surface area contributed by atoms with Gasteiger partial charge in [-0.1, -0.05) is 76.1 Å². The van der Waals surface area contributed by atoms with E-state index in [-0.39, 0.29) is 0 Å². The highest BCUT2D eigenvalue weighted by molar-refractivity contribution is 5.70.